The predicted molar refractivity (Wildman–Crippen MR) is 211 cm³/mol. The molecule has 0 fully saturated rings. The minimum Gasteiger partial charge on any atom is -0.315 e. The molecule has 1 aliphatic carbocycles. The summed E-state index contributed by atoms with van der Waals surface area (Å²) >= 11 is 0. The lowest BCUT2D eigenvalue weighted by atomic mass is 9.33. The van der Waals surface area contributed by atoms with E-state index in [0.29, 0.717) is 11.8 Å². The topological polar surface area (TPSA) is 9.86 Å². The van der Waals surface area contributed by atoms with Crippen LogP contribution in [0.5, 0.6) is 0 Å². The fourth-order valence-electron chi connectivity index (χ4n) is 11.0. The molecule has 2 aromatic heterocycles. The maximum Gasteiger partial charge on any atom is 0.252 e. The van der Waals surface area contributed by atoms with E-state index in [1.54, 1.807) is 0 Å². The van der Waals surface area contributed by atoms with E-state index >= 15 is 0 Å². The third kappa shape index (κ3) is 2.77. The third-order valence-electron chi connectivity index (χ3n) is 13.3. The minimum absolute atomic E-state index is 0.151. The molecular formula is C47H37BN2. The zero-order valence-electron chi connectivity index (χ0n) is 29.4. The Morgan fingerprint density at radius 2 is 1.18 bits per heavy atom. The summed E-state index contributed by atoms with van der Waals surface area (Å²) in [5, 5.41) is 4.19. The summed E-state index contributed by atoms with van der Waals surface area (Å²) in [5.41, 5.74) is 24.8. The third-order valence-corrected chi connectivity index (χ3v) is 13.3. The lowest BCUT2D eigenvalue weighted by molar-refractivity contribution is 0.743. The van der Waals surface area contributed by atoms with Crippen LogP contribution in [0.25, 0.3) is 55.2 Å². The molecule has 8 aromatic rings. The van der Waals surface area contributed by atoms with Gasteiger partial charge in [-0.25, -0.2) is 0 Å². The standard InChI is InChI=1S/C47H37BN2/c1-24(2)28-20-33-34-21-29(25(3)4)23-40-45(34)50-43(33)38(22-28)47(35-15-9-7-12-31(35)32-13-8-10-16-36(32)47)37-18-19-41-42(46(37)50)48(40)39-17-11-14-30-26(5)27(6)49(41)44(30)39/h7-25H,1-6H3. The van der Waals surface area contributed by atoms with Gasteiger partial charge in [0.05, 0.1) is 10.9 Å². The van der Waals surface area contributed by atoms with Crippen LogP contribution < -0.4 is 16.4 Å². The first-order chi connectivity index (χ1) is 24.3. The van der Waals surface area contributed by atoms with Crippen molar-refractivity contribution >= 4 is 55.8 Å². The van der Waals surface area contributed by atoms with Gasteiger partial charge in [0.1, 0.15) is 0 Å². The van der Waals surface area contributed by atoms with Crippen LogP contribution in [-0.4, -0.2) is 15.8 Å². The van der Waals surface area contributed by atoms with E-state index in [2.05, 4.69) is 154 Å². The number of aryl methyl sites for hydroxylation is 1. The quantitative estimate of drug-likeness (QED) is 0.167. The lowest BCUT2D eigenvalue weighted by Gasteiger charge is -2.44. The van der Waals surface area contributed by atoms with Gasteiger partial charge in [-0.2, -0.15) is 0 Å². The summed E-state index contributed by atoms with van der Waals surface area (Å²) in [4.78, 5) is 0. The van der Waals surface area contributed by atoms with Gasteiger partial charge in [0.15, 0.2) is 0 Å². The highest BCUT2D eigenvalue weighted by molar-refractivity contribution is 7.00. The van der Waals surface area contributed by atoms with Crippen LogP contribution in [0.1, 0.15) is 84.2 Å². The van der Waals surface area contributed by atoms with Gasteiger partial charge in [-0.1, -0.05) is 113 Å². The zero-order valence-corrected chi connectivity index (χ0v) is 29.4. The molecule has 0 unspecified atom stereocenters. The van der Waals surface area contributed by atoms with Crippen LogP contribution in [0.4, 0.5) is 0 Å². The van der Waals surface area contributed by atoms with E-state index in [9.17, 15) is 0 Å². The molecule has 4 aliphatic rings. The number of aromatic nitrogens is 2. The van der Waals surface area contributed by atoms with Gasteiger partial charge >= 0.3 is 0 Å². The van der Waals surface area contributed by atoms with Crippen LogP contribution in [0.2, 0.25) is 0 Å². The molecule has 0 saturated heterocycles. The highest BCUT2D eigenvalue weighted by Gasteiger charge is 2.54. The molecule has 0 saturated carbocycles. The second kappa shape index (κ2) is 8.71. The number of hydrogen-bond acceptors (Lipinski definition) is 0. The van der Waals surface area contributed by atoms with Gasteiger partial charge in [-0.15, -0.1) is 0 Å². The number of hydrogen-bond donors (Lipinski definition) is 0. The number of fused-ring (bicyclic) bond motifs is 11. The molecule has 0 atom stereocenters. The monoisotopic (exact) mass is 640 g/mol. The highest BCUT2D eigenvalue weighted by atomic mass is 15.1. The van der Waals surface area contributed by atoms with Gasteiger partial charge < -0.3 is 9.13 Å². The molecule has 6 aromatic carbocycles. The molecule has 5 heterocycles. The largest absolute Gasteiger partial charge is 0.315 e. The van der Waals surface area contributed by atoms with E-state index in [4.69, 9.17) is 0 Å². The average molecular weight is 641 g/mol. The van der Waals surface area contributed by atoms with E-state index in [1.807, 2.05) is 0 Å². The summed E-state index contributed by atoms with van der Waals surface area (Å²) in [6.45, 7) is 14.2. The zero-order chi connectivity index (χ0) is 33.5. The van der Waals surface area contributed by atoms with E-state index < -0.39 is 5.41 Å². The lowest BCUT2D eigenvalue weighted by Crippen LogP contribution is -2.60. The van der Waals surface area contributed by atoms with Crippen LogP contribution in [-0.2, 0) is 5.41 Å². The first-order valence-corrected chi connectivity index (χ1v) is 18.5. The molecule has 238 valence electrons. The summed E-state index contributed by atoms with van der Waals surface area (Å²) in [5.74, 6) is 0.826. The molecule has 1 spiro atoms. The van der Waals surface area contributed by atoms with Gasteiger partial charge in [0.2, 0.25) is 0 Å². The SMILES string of the molecule is Cc1c(C)n2c3c(cccc13)B1c3c-2ccc2c3-n3c4c1cc(C(C)C)cc4c1cc(C(C)C)cc(c13)C21c2ccccc2-c2ccccc21. The molecule has 0 radical (unpaired) electrons. The first-order valence-electron chi connectivity index (χ1n) is 18.5. The fraction of sp³-hybridized carbons (Fsp3) is 0.191. The van der Waals surface area contributed by atoms with Crippen molar-refractivity contribution in [2.75, 3.05) is 0 Å². The van der Waals surface area contributed by atoms with Crippen molar-refractivity contribution < 1.29 is 0 Å². The normalized spacial score (nSPS) is 15.1. The Morgan fingerprint density at radius 1 is 0.540 bits per heavy atom. The van der Waals surface area contributed by atoms with Crippen molar-refractivity contribution in [3.63, 3.8) is 0 Å². The van der Waals surface area contributed by atoms with E-state index in [1.165, 1.54) is 116 Å². The second-order valence-electron chi connectivity index (χ2n) is 16.1. The molecule has 50 heavy (non-hydrogen) atoms. The Hall–Kier alpha value is -5.28. The average Bonchev–Trinajstić information content (AvgIpc) is 3.72. The van der Waals surface area contributed by atoms with Gasteiger partial charge in [-0.3, -0.25) is 0 Å². The summed E-state index contributed by atoms with van der Waals surface area (Å²) in [7, 11) is 0. The molecular weight excluding hydrogens is 603 g/mol. The molecule has 0 bridgehead atoms. The number of nitrogens with zero attached hydrogens (tertiary/aromatic N) is 2. The number of para-hydroxylation sites is 1. The van der Waals surface area contributed by atoms with E-state index in [0.717, 1.165) is 0 Å². The molecule has 2 nitrogen and oxygen atoms in total. The molecule has 0 N–H and O–H groups in total. The van der Waals surface area contributed by atoms with Crippen LogP contribution in [0, 0.1) is 13.8 Å². The van der Waals surface area contributed by atoms with Gasteiger partial charge in [-0.05, 0) is 110 Å². The molecule has 3 heteroatoms. The van der Waals surface area contributed by atoms with Gasteiger partial charge in [0.25, 0.3) is 6.71 Å². The van der Waals surface area contributed by atoms with Crippen molar-refractivity contribution in [2.45, 2.75) is 58.8 Å². The molecule has 0 amide bonds. The summed E-state index contributed by atoms with van der Waals surface area (Å²) < 4.78 is 5.34. The predicted octanol–water partition coefficient (Wildman–Crippen LogP) is 9.41. The van der Waals surface area contributed by atoms with Crippen LogP contribution in [0.15, 0.2) is 103 Å². The van der Waals surface area contributed by atoms with Crippen LogP contribution >= 0.6 is 0 Å². The Labute approximate surface area is 293 Å². The van der Waals surface area contributed by atoms with Crippen LogP contribution in [0.3, 0.4) is 0 Å². The maximum absolute atomic E-state index is 2.74. The van der Waals surface area contributed by atoms with Gasteiger partial charge in [0, 0.05) is 44.3 Å². The second-order valence-corrected chi connectivity index (χ2v) is 16.1. The van der Waals surface area contributed by atoms with Crippen molar-refractivity contribution in [2.24, 2.45) is 0 Å². The van der Waals surface area contributed by atoms with Crippen molar-refractivity contribution in [3.8, 4) is 22.5 Å². The summed E-state index contributed by atoms with van der Waals surface area (Å²) in [6.07, 6.45) is 0. The Morgan fingerprint density at radius 3 is 1.88 bits per heavy atom. The Balaban J connectivity index is 1.40. The molecule has 12 rings (SSSR count). The fourth-order valence-corrected chi connectivity index (χ4v) is 11.0. The maximum atomic E-state index is 2.74. The highest BCUT2D eigenvalue weighted by Crippen LogP contribution is 2.61. The van der Waals surface area contributed by atoms with E-state index in [-0.39, 0.29) is 6.71 Å². The van der Waals surface area contributed by atoms with Crippen molar-refractivity contribution in [3.05, 3.63) is 148 Å². The van der Waals surface area contributed by atoms with Crippen molar-refractivity contribution in [1.29, 1.82) is 0 Å². The number of benzene rings is 6. The van der Waals surface area contributed by atoms with Crippen molar-refractivity contribution in [1.82, 2.24) is 9.13 Å². The number of rotatable bonds is 2. The Bertz CT molecular complexity index is 2870. The molecule has 3 aliphatic heterocycles. The minimum atomic E-state index is -0.429. The summed E-state index contributed by atoms with van der Waals surface area (Å²) in [6, 6.07) is 40.9. The Kier molecular flexibility index (Phi) is 4.80. The first kappa shape index (κ1) is 27.5. The smallest absolute Gasteiger partial charge is 0.252 e.